The second kappa shape index (κ2) is 4.11. The van der Waals surface area contributed by atoms with Crippen LogP contribution in [-0.4, -0.2) is 9.97 Å². The molecule has 1 unspecified atom stereocenters. The molecular formula is C12H7F3N4. The van der Waals surface area contributed by atoms with Gasteiger partial charge in [-0.15, -0.1) is 0 Å². The number of benzene rings is 1. The molecule has 0 spiro atoms. The largest absolute Gasteiger partial charge is 0.433 e. The van der Waals surface area contributed by atoms with Gasteiger partial charge in [-0.2, -0.15) is 23.4 Å². The molecule has 2 heterocycles. The van der Waals surface area contributed by atoms with Gasteiger partial charge in [0.25, 0.3) is 0 Å². The molecule has 19 heavy (non-hydrogen) atoms. The summed E-state index contributed by atoms with van der Waals surface area (Å²) in [6.45, 7) is 0. The Bertz CT molecular complexity index is 651. The zero-order valence-corrected chi connectivity index (χ0v) is 9.46. The van der Waals surface area contributed by atoms with Crippen LogP contribution >= 0.6 is 0 Å². The van der Waals surface area contributed by atoms with E-state index in [1.807, 2.05) is 0 Å². The third kappa shape index (κ3) is 2.07. The zero-order chi connectivity index (χ0) is 13.5. The third-order valence-electron chi connectivity index (χ3n) is 2.72. The lowest BCUT2D eigenvalue weighted by molar-refractivity contribution is -0.141. The van der Waals surface area contributed by atoms with Crippen LogP contribution in [0.15, 0.2) is 46.8 Å². The maximum absolute atomic E-state index is 12.6. The molecule has 0 saturated carbocycles. The lowest BCUT2D eigenvalue weighted by atomic mass is 10.1. The topological polar surface area (TPSA) is 50.5 Å². The van der Waals surface area contributed by atoms with Gasteiger partial charge in [-0.1, -0.05) is 18.2 Å². The van der Waals surface area contributed by atoms with Crippen molar-refractivity contribution in [3.63, 3.8) is 0 Å². The van der Waals surface area contributed by atoms with Crippen LogP contribution in [0.3, 0.4) is 0 Å². The van der Waals surface area contributed by atoms with Crippen molar-refractivity contribution in [2.75, 3.05) is 0 Å². The van der Waals surface area contributed by atoms with Crippen LogP contribution in [-0.2, 0) is 6.18 Å². The average Bonchev–Trinajstić information content (AvgIpc) is 2.82. The lowest BCUT2D eigenvalue weighted by Gasteiger charge is -2.09. The molecule has 0 radical (unpaired) electrons. The number of alkyl halides is 3. The highest BCUT2D eigenvalue weighted by Crippen LogP contribution is 2.38. The normalized spacial score (nSPS) is 17.5. The maximum atomic E-state index is 12.6. The molecule has 0 aliphatic carbocycles. The smallest absolute Gasteiger partial charge is 0.239 e. The Balaban J connectivity index is 2.03. The second-order valence-electron chi connectivity index (χ2n) is 3.97. The molecule has 7 heteroatoms. The van der Waals surface area contributed by atoms with Crippen LogP contribution in [0.2, 0.25) is 0 Å². The highest BCUT2D eigenvalue weighted by molar-refractivity contribution is 5.51. The molecule has 0 bridgehead atoms. The van der Waals surface area contributed by atoms with Gasteiger partial charge in [-0.05, 0) is 12.1 Å². The number of nitrogens with zero attached hydrogens (tertiary/aromatic N) is 4. The number of aromatic nitrogens is 2. The predicted octanol–water partition coefficient (Wildman–Crippen LogP) is 3.68. The summed E-state index contributed by atoms with van der Waals surface area (Å²) < 4.78 is 37.8. The molecule has 0 fully saturated rings. The van der Waals surface area contributed by atoms with E-state index in [-0.39, 0.29) is 5.82 Å². The number of azo groups is 1. The fraction of sp³-hybridized carbons (Fsp3) is 0.167. The molecule has 4 nitrogen and oxygen atoms in total. The minimum atomic E-state index is -4.49. The summed E-state index contributed by atoms with van der Waals surface area (Å²) in [6.07, 6.45) is -3.41. The quantitative estimate of drug-likeness (QED) is 0.788. The molecule has 1 aliphatic heterocycles. The van der Waals surface area contributed by atoms with E-state index in [1.165, 1.54) is 0 Å². The Morgan fingerprint density at radius 2 is 1.84 bits per heavy atom. The van der Waals surface area contributed by atoms with E-state index in [0.29, 0.717) is 11.3 Å². The molecule has 0 N–H and O–H groups in total. The monoisotopic (exact) mass is 264 g/mol. The first-order chi connectivity index (χ1) is 9.05. The minimum Gasteiger partial charge on any atom is -0.239 e. The standard InChI is InChI=1S/C12H7F3N4/c13-12(14,15)9-5-6-16-11(17-9)10-7-3-1-2-4-8(7)18-19-10/h1-6,10H. The minimum absolute atomic E-state index is 0.00326. The predicted molar refractivity (Wildman–Crippen MR) is 59.8 cm³/mol. The van der Waals surface area contributed by atoms with Gasteiger partial charge in [-0.3, -0.25) is 0 Å². The van der Waals surface area contributed by atoms with E-state index >= 15 is 0 Å². The van der Waals surface area contributed by atoms with Crippen LogP contribution in [0.5, 0.6) is 0 Å². The van der Waals surface area contributed by atoms with E-state index in [9.17, 15) is 13.2 Å². The van der Waals surface area contributed by atoms with Crippen molar-refractivity contribution < 1.29 is 13.2 Å². The van der Waals surface area contributed by atoms with Crippen molar-refractivity contribution in [2.24, 2.45) is 10.2 Å². The van der Waals surface area contributed by atoms with Crippen molar-refractivity contribution in [3.05, 3.63) is 53.6 Å². The summed E-state index contributed by atoms with van der Waals surface area (Å²) in [4.78, 5) is 7.40. The second-order valence-corrected chi connectivity index (χ2v) is 3.97. The maximum Gasteiger partial charge on any atom is 0.433 e. The van der Waals surface area contributed by atoms with Crippen LogP contribution in [0.4, 0.5) is 18.9 Å². The average molecular weight is 264 g/mol. The molecule has 0 saturated heterocycles. The van der Waals surface area contributed by atoms with Gasteiger partial charge in [0, 0.05) is 11.8 Å². The molecule has 1 aromatic heterocycles. The summed E-state index contributed by atoms with van der Waals surface area (Å²) in [5.74, 6) is 0.00326. The number of hydrogen-bond acceptors (Lipinski definition) is 4. The molecule has 1 aromatic carbocycles. The van der Waals surface area contributed by atoms with Crippen LogP contribution in [0.1, 0.15) is 23.1 Å². The number of rotatable bonds is 1. The molecule has 1 atom stereocenters. The van der Waals surface area contributed by atoms with Gasteiger partial charge < -0.3 is 0 Å². The van der Waals surface area contributed by atoms with Crippen LogP contribution < -0.4 is 0 Å². The van der Waals surface area contributed by atoms with E-state index in [2.05, 4.69) is 20.2 Å². The van der Waals surface area contributed by atoms with Gasteiger partial charge in [-0.25, -0.2) is 9.97 Å². The first kappa shape index (κ1) is 11.8. The van der Waals surface area contributed by atoms with Crippen LogP contribution in [0.25, 0.3) is 0 Å². The van der Waals surface area contributed by atoms with E-state index in [0.717, 1.165) is 12.3 Å². The fourth-order valence-electron chi connectivity index (χ4n) is 1.85. The van der Waals surface area contributed by atoms with Crippen LogP contribution in [0, 0.1) is 0 Å². The molecule has 2 aromatic rings. The Labute approximate surface area is 106 Å². The molecule has 0 amide bonds. The number of halogens is 3. The Morgan fingerprint density at radius 3 is 2.63 bits per heavy atom. The van der Waals surface area contributed by atoms with Crippen molar-refractivity contribution in [1.29, 1.82) is 0 Å². The van der Waals surface area contributed by atoms with E-state index in [1.54, 1.807) is 24.3 Å². The summed E-state index contributed by atoms with van der Waals surface area (Å²) in [5, 5.41) is 7.84. The summed E-state index contributed by atoms with van der Waals surface area (Å²) in [5.41, 5.74) is 0.368. The van der Waals surface area contributed by atoms with Crippen molar-refractivity contribution in [1.82, 2.24) is 9.97 Å². The molecule has 96 valence electrons. The third-order valence-corrected chi connectivity index (χ3v) is 2.72. The number of fused-ring (bicyclic) bond motifs is 1. The fourth-order valence-corrected chi connectivity index (χ4v) is 1.85. The van der Waals surface area contributed by atoms with Crippen molar-refractivity contribution in [2.45, 2.75) is 12.2 Å². The molecule has 3 rings (SSSR count). The summed E-state index contributed by atoms with van der Waals surface area (Å²) >= 11 is 0. The van der Waals surface area contributed by atoms with Gasteiger partial charge in [0.2, 0.25) is 0 Å². The lowest BCUT2D eigenvalue weighted by Crippen LogP contribution is -2.12. The first-order valence-corrected chi connectivity index (χ1v) is 5.45. The Kier molecular flexibility index (Phi) is 2.55. The molecular weight excluding hydrogens is 257 g/mol. The Hall–Kier alpha value is -2.31. The molecule has 1 aliphatic rings. The van der Waals surface area contributed by atoms with Gasteiger partial charge >= 0.3 is 6.18 Å². The SMILES string of the molecule is FC(F)(F)c1ccnc(C2N=Nc3ccccc32)n1. The highest BCUT2D eigenvalue weighted by Gasteiger charge is 2.34. The van der Waals surface area contributed by atoms with Crippen molar-refractivity contribution in [3.8, 4) is 0 Å². The first-order valence-electron chi connectivity index (χ1n) is 5.45. The Morgan fingerprint density at radius 1 is 1.05 bits per heavy atom. The van der Waals surface area contributed by atoms with Crippen molar-refractivity contribution >= 4 is 5.69 Å². The van der Waals surface area contributed by atoms with Gasteiger partial charge in [0.15, 0.2) is 11.9 Å². The van der Waals surface area contributed by atoms with E-state index < -0.39 is 17.9 Å². The zero-order valence-electron chi connectivity index (χ0n) is 9.46. The van der Waals surface area contributed by atoms with E-state index in [4.69, 9.17) is 0 Å². The van der Waals surface area contributed by atoms with Gasteiger partial charge in [0.1, 0.15) is 5.69 Å². The summed E-state index contributed by atoms with van der Waals surface area (Å²) in [6, 6.07) is 7.22. The summed E-state index contributed by atoms with van der Waals surface area (Å²) in [7, 11) is 0. The van der Waals surface area contributed by atoms with Gasteiger partial charge in [0.05, 0.1) is 5.69 Å². The highest BCUT2D eigenvalue weighted by atomic mass is 19.4. The number of hydrogen-bond donors (Lipinski definition) is 0.